The van der Waals surface area contributed by atoms with Crippen molar-refractivity contribution < 1.29 is 4.79 Å². The number of nitrogens with zero attached hydrogens (tertiary/aromatic N) is 2. The van der Waals surface area contributed by atoms with Gasteiger partial charge in [-0.2, -0.15) is 0 Å². The highest BCUT2D eigenvalue weighted by atomic mass is 32.2. The lowest BCUT2D eigenvalue weighted by Crippen LogP contribution is -2.45. The second-order valence-corrected chi connectivity index (χ2v) is 9.02. The monoisotopic (exact) mass is 334 g/mol. The third-order valence-electron chi connectivity index (χ3n) is 4.08. The quantitative estimate of drug-likeness (QED) is 0.786. The zero-order valence-electron chi connectivity index (χ0n) is 13.3. The van der Waals surface area contributed by atoms with Crippen molar-refractivity contribution in [2.75, 3.05) is 13.1 Å². The molecule has 0 bridgehead atoms. The van der Waals surface area contributed by atoms with Crippen LogP contribution in [0.5, 0.6) is 0 Å². The van der Waals surface area contributed by atoms with Crippen LogP contribution in [0.1, 0.15) is 27.2 Å². The molecule has 0 radical (unpaired) electrons. The molecule has 1 amide bonds. The SMILES string of the molecule is C[C@@H]1C[C@@H](C)CN(C(=O)[C@H](C)Sc2nc3ccccc3s2)C1. The van der Waals surface area contributed by atoms with Gasteiger partial charge in [0, 0.05) is 13.1 Å². The molecule has 5 heteroatoms. The number of amides is 1. The summed E-state index contributed by atoms with van der Waals surface area (Å²) in [5, 5.41) is -0.0712. The van der Waals surface area contributed by atoms with Crippen LogP contribution in [0.25, 0.3) is 10.2 Å². The van der Waals surface area contributed by atoms with Crippen molar-refractivity contribution in [3.63, 3.8) is 0 Å². The minimum atomic E-state index is -0.0712. The molecule has 1 aliphatic heterocycles. The zero-order valence-corrected chi connectivity index (χ0v) is 14.9. The van der Waals surface area contributed by atoms with Crippen molar-refractivity contribution in [3.8, 4) is 0 Å². The normalized spacial score (nSPS) is 23.7. The van der Waals surface area contributed by atoms with E-state index in [9.17, 15) is 4.79 Å². The van der Waals surface area contributed by atoms with Crippen LogP contribution < -0.4 is 0 Å². The lowest BCUT2D eigenvalue weighted by atomic mass is 9.92. The third-order valence-corrected chi connectivity index (χ3v) is 6.30. The zero-order chi connectivity index (χ0) is 15.7. The van der Waals surface area contributed by atoms with Crippen molar-refractivity contribution in [3.05, 3.63) is 24.3 Å². The number of likely N-dealkylation sites (tertiary alicyclic amines) is 1. The molecule has 22 heavy (non-hydrogen) atoms. The average Bonchev–Trinajstić information content (AvgIpc) is 2.87. The number of thiazole rings is 1. The summed E-state index contributed by atoms with van der Waals surface area (Å²) in [5.74, 6) is 1.46. The number of benzene rings is 1. The first-order valence-corrected chi connectivity index (χ1v) is 9.53. The Hall–Kier alpha value is -1.07. The molecule has 118 valence electrons. The fourth-order valence-corrected chi connectivity index (χ4v) is 5.50. The van der Waals surface area contributed by atoms with Gasteiger partial charge in [-0.15, -0.1) is 11.3 Å². The second kappa shape index (κ2) is 6.59. The van der Waals surface area contributed by atoms with Crippen LogP contribution >= 0.6 is 23.1 Å². The Balaban J connectivity index is 1.68. The van der Waals surface area contributed by atoms with Gasteiger partial charge in [-0.1, -0.05) is 37.7 Å². The number of carbonyl (C=O) groups is 1. The van der Waals surface area contributed by atoms with Crippen LogP contribution in [-0.4, -0.2) is 34.1 Å². The Bertz CT molecular complexity index is 626. The van der Waals surface area contributed by atoms with E-state index in [1.807, 2.05) is 30.0 Å². The summed E-state index contributed by atoms with van der Waals surface area (Å²) in [4.78, 5) is 19.4. The molecular weight excluding hydrogens is 312 g/mol. The lowest BCUT2D eigenvalue weighted by Gasteiger charge is -2.36. The van der Waals surface area contributed by atoms with Crippen LogP contribution in [-0.2, 0) is 4.79 Å². The van der Waals surface area contributed by atoms with Gasteiger partial charge in [0.05, 0.1) is 15.5 Å². The van der Waals surface area contributed by atoms with Crippen molar-refractivity contribution in [1.29, 1.82) is 0 Å². The number of aromatic nitrogens is 1. The molecule has 1 aliphatic rings. The van der Waals surface area contributed by atoms with E-state index in [1.165, 1.54) is 11.1 Å². The number of para-hydroxylation sites is 1. The molecule has 0 aliphatic carbocycles. The smallest absolute Gasteiger partial charge is 0.235 e. The molecule has 1 saturated heterocycles. The standard InChI is InChI=1S/C17H22N2OS2/c1-11-8-12(2)10-19(9-11)16(20)13(3)21-17-18-14-6-4-5-7-15(14)22-17/h4-7,11-13H,8-10H2,1-3H3/t11-,12-,13+/m1/s1. The van der Waals surface area contributed by atoms with Crippen molar-refractivity contribution in [1.82, 2.24) is 9.88 Å². The number of hydrogen-bond donors (Lipinski definition) is 0. The molecule has 0 unspecified atom stereocenters. The number of piperidine rings is 1. The van der Waals surface area contributed by atoms with Crippen LogP contribution in [0.2, 0.25) is 0 Å². The van der Waals surface area contributed by atoms with Crippen LogP contribution in [0.3, 0.4) is 0 Å². The number of hydrogen-bond acceptors (Lipinski definition) is 4. The second-order valence-electron chi connectivity index (χ2n) is 6.40. The minimum absolute atomic E-state index is 0.0712. The molecular formula is C17H22N2OS2. The van der Waals surface area contributed by atoms with Gasteiger partial charge < -0.3 is 4.90 Å². The molecule has 1 aromatic heterocycles. The van der Waals surface area contributed by atoms with Gasteiger partial charge in [-0.05, 0) is 37.3 Å². The van der Waals surface area contributed by atoms with E-state index in [0.717, 1.165) is 22.9 Å². The summed E-state index contributed by atoms with van der Waals surface area (Å²) in [6.45, 7) is 8.27. The average molecular weight is 335 g/mol. The highest BCUT2D eigenvalue weighted by molar-refractivity contribution is 8.02. The maximum atomic E-state index is 12.7. The summed E-state index contributed by atoms with van der Waals surface area (Å²) in [7, 11) is 0. The van der Waals surface area contributed by atoms with E-state index in [0.29, 0.717) is 11.8 Å². The molecule has 2 heterocycles. The molecule has 0 N–H and O–H groups in total. The summed E-state index contributed by atoms with van der Waals surface area (Å²) in [5.41, 5.74) is 1.02. The molecule has 2 aromatic rings. The largest absolute Gasteiger partial charge is 0.341 e. The molecule has 1 aromatic carbocycles. The fourth-order valence-electron chi connectivity index (χ4n) is 3.20. The molecule has 3 atom stereocenters. The van der Waals surface area contributed by atoms with Crippen LogP contribution in [0.4, 0.5) is 0 Å². The first-order valence-electron chi connectivity index (χ1n) is 7.84. The fraction of sp³-hybridized carbons (Fsp3) is 0.529. The minimum Gasteiger partial charge on any atom is -0.341 e. The summed E-state index contributed by atoms with van der Waals surface area (Å²) in [6, 6.07) is 8.13. The highest BCUT2D eigenvalue weighted by Crippen LogP contribution is 2.33. The van der Waals surface area contributed by atoms with Gasteiger partial charge in [0.25, 0.3) is 0 Å². The maximum Gasteiger partial charge on any atom is 0.235 e. The Morgan fingerprint density at radius 3 is 2.68 bits per heavy atom. The molecule has 0 saturated carbocycles. The van der Waals surface area contributed by atoms with E-state index < -0.39 is 0 Å². The van der Waals surface area contributed by atoms with Crippen molar-refractivity contribution in [2.45, 2.75) is 36.8 Å². The topological polar surface area (TPSA) is 33.2 Å². The van der Waals surface area contributed by atoms with Crippen molar-refractivity contribution in [2.24, 2.45) is 11.8 Å². The van der Waals surface area contributed by atoms with E-state index in [4.69, 9.17) is 0 Å². The van der Waals surface area contributed by atoms with Crippen molar-refractivity contribution >= 4 is 39.2 Å². The van der Waals surface area contributed by atoms with Gasteiger partial charge in [-0.3, -0.25) is 4.79 Å². The Kier molecular flexibility index (Phi) is 4.73. The van der Waals surface area contributed by atoms with E-state index in [2.05, 4.69) is 24.9 Å². The van der Waals surface area contributed by atoms with E-state index >= 15 is 0 Å². The van der Waals surface area contributed by atoms with Gasteiger partial charge in [0.1, 0.15) is 0 Å². The first kappa shape index (κ1) is 15.8. The molecule has 3 rings (SSSR count). The Labute approximate surface area is 140 Å². The Morgan fingerprint density at radius 2 is 2.00 bits per heavy atom. The number of rotatable bonds is 3. The first-order chi connectivity index (χ1) is 10.5. The number of thioether (sulfide) groups is 1. The molecule has 3 nitrogen and oxygen atoms in total. The van der Waals surface area contributed by atoms with Gasteiger partial charge >= 0.3 is 0 Å². The predicted molar refractivity (Wildman–Crippen MR) is 94.5 cm³/mol. The molecule has 1 fully saturated rings. The van der Waals surface area contributed by atoms with Gasteiger partial charge in [0.2, 0.25) is 5.91 Å². The van der Waals surface area contributed by atoms with Gasteiger partial charge in [-0.25, -0.2) is 4.98 Å². The molecule has 0 spiro atoms. The maximum absolute atomic E-state index is 12.7. The van der Waals surface area contributed by atoms with E-state index in [-0.39, 0.29) is 11.2 Å². The third kappa shape index (κ3) is 3.46. The van der Waals surface area contributed by atoms with Crippen LogP contribution in [0, 0.1) is 11.8 Å². The number of carbonyl (C=O) groups excluding carboxylic acids is 1. The van der Waals surface area contributed by atoms with Crippen LogP contribution in [0.15, 0.2) is 28.6 Å². The summed E-state index contributed by atoms with van der Waals surface area (Å²) < 4.78 is 2.17. The summed E-state index contributed by atoms with van der Waals surface area (Å²) >= 11 is 3.26. The Morgan fingerprint density at radius 1 is 1.32 bits per heavy atom. The van der Waals surface area contributed by atoms with E-state index in [1.54, 1.807) is 23.1 Å². The number of fused-ring (bicyclic) bond motifs is 1. The highest BCUT2D eigenvalue weighted by Gasteiger charge is 2.29. The lowest BCUT2D eigenvalue weighted by molar-refractivity contribution is -0.132. The predicted octanol–water partition coefficient (Wildman–Crippen LogP) is 4.28. The summed E-state index contributed by atoms with van der Waals surface area (Å²) in [6.07, 6.45) is 1.23. The van der Waals surface area contributed by atoms with Gasteiger partial charge in [0.15, 0.2) is 4.34 Å².